The van der Waals surface area contributed by atoms with Gasteiger partial charge in [-0.15, -0.1) is 0 Å². The van der Waals surface area contributed by atoms with Gasteiger partial charge < -0.3 is 15.0 Å². The van der Waals surface area contributed by atoms with Crippen molar-refractivity contribution < 1.29 is 9.53 Å². The summed E-state index contributed by atoms with van der Waals surface area (Å²) in [5.74, 6) is 0.200. The number of aromatic nitrogens is 2. The third-order valence-corrected chi connectivity index (χ3v) is 2.53. The number of aromatic amines is 1. The van der Waals surface area contributed by atoms with E-state index >= 15 is 0 Å². The molecular weight excluding hydrogens is 246 g/mol. The second kappa shape index (κ2) is 5.81. The van der Waals surface area contributed by atoms with Crippen LogP contribution < -0.4 is 15.6 Å². The highest BCUT2D eigenvalue weighted by molar-refractivity contribution is 5.93. The molecule has 0 radical (unpaired) electrons. The van der Waals surface area contributed by atoms with Gasteiger partial charge in [-0.1, -0.05) is 6.07 Å². The molecule has 0 unspecified atom stereocenters. The van der Waals surface area contributed by atoms with Gasteiger partial charge in [0.05, 0.1) is 12.7 Å². The highest BCUT2D eigenvalue weighted by Crippen LogP contribution is 2.12. The number of rotatable bonds is 4. The molecule has 1 amide bonds. The molecule has 6 heteroatoms. The summed E-state index contributed by atoms with van der Waals surface area (Å²) < 4.78 is 5.09. The first-order valence-corrected chi connectivity index (χ1v) is 5.65. The monoisotopic (exact) mass is 259 g/mol. The number of carbonyl (C=O) groups is 1. The highest BCUT2D eigenvalue weighted by Gasteiger charge is 2.07. The third kappa shape index (κ3) is 3.19. The minimum absolute atomic E-state index is 0.245. The molecule has 98 valence electrons. The minimum Gasteiger partial charge on any atom is -0.481 e. The molecule has 2 N–H and O–H groups in total. The van der Waals surface area contributed by atoms with Crippen molar-refractivity contribution in [2.45, 2.75) is 6.54 Å². The van der Waals surface area contributed by atoms with Crippen LogP contribution in [-0.4, -0.2) is 23.0 Å². The number of nitrogens with zero attached hydrogens (tertiary/aromatic N) is 1. The van der Waals surface area contributed by atoms with Crippen molar-refractivity contribution in [3.05, 3.63) is 58.1 Å². The second-order valence-corrected chi connectivity index (χ2v) is 3.80. The minimum atomic E-state index is -0.276. The van der Waals surface area contributed by atoms with Crippen molar-refractivity contribution in [2.24, 2.45) is 0 Å². The van der Waals surface area contributed by atoms with Crippen LogP contribution in [0, 0.1) is 0 Å². The van der Waals surface area contributed by atoms with Crippen LogP contribution in [0.2, 0.25) is 0 Å². The van der Waals surface area contributed by atoms with E-state index in [1.54, 1.807) is 12.3 Å². The van der Waals surface area contributed by atoms with Gasteiger partial charge in [-0.2, -0.15) is 0 Å². The number of methoxy groups -OCH3 is 1. The van der Waals surface area contributed by atoms with Crippen molar-refractivity contribution in [1.29, 1.82) is 0 Å². The maximum absolute atomic E-state index is 11.8. The second-order valence-electron chi connectivity index (χ2n) is 3.80. The van der Waals surface area contributed by atoms with Crippen LogP contribution in [0.3, 0.4) is 0 Å². The van der Waals surface area contributed by atoms with E-state index in [4.69, 9.17) is 4.74 Å². The van der Waals surface area contributed by atoms with E-state index in [1.807, 2.05) is 6.07 Å². The zero-order chi connectivity index (χ0) is 13.7. The van der Waals surface area contributed by atoms with Crippen LogP contribution in [0.1, 0.15) is 15.9 Å². The van der Waals surface area contributed by atoms with Gasteiger partial charge in [0.25, 0.3) is 5.91 Å². The van der Waals surface area contributed by atoms with E-state index in [0.717, 1.165) is 5.56 Å². The van der Waals surface area contributed by atoms with E-state index in [0.29, 0.717) is 18.0 Å². The zero-order valence-corrected chi connectivity index (χ0v) is 10.3. The smallest absolute Gasteiger partial charge is 0.253 e. The number of nitrogens with one attached hydrogen (secondary N) is 2. The van der Waals surface area contributed by atoms with Crippen molar-refractivity contribution in [3.8, 4) is 5.88 Å². The first kappa shape index (κ1) is 12.8. The van der Waals surface area contributed by atoms with Crippen molar-refractivity contribution in [3.63, 3.8) is 0 Å². The fraction of sp³-hybridized carbons (Fsp3) is 0.154. The zero-order valence-electron chi connectivity index (χ0n) is 10.3. The molecule has 0 aliphatic heterocycles. The Hall–Kier alpha value is -2.63. The molecular formula is C13H13N3O3. The lowest BCUT2D eigenvalue weighted by molar-refractivity contribution is 0.0950. The molecule has 2 aromatic rings. The Morgan fingerprint density at radius 3 is 2.95 bits per heavy atom. The molecule has 2 rings (SSSR count). The third-order valence-electron chi connectivity index (χ3n) is 2.53. The predicted molar refractivity (Wildman–Crippen MR) is 69.0 cm³/mol. The highest BCUT2D eigenvalue weighted by atomic mass is 16.5. The average molecular weight is 259 g/mol. The number of H-pyrrole nitrogens is 1. The van der Waals surface area contributed by atoms with Gasteiger partial charge in [0.1, 0.15) is 0 Å². The Balaban J connectivity index is 2.04. The van der Waals surface area contributed by atoms with E-state index in [2.05, 4.69) is 15.3 Å². The number of hydrogen-bond acceptors (Lipinski definition) is 4. The maximum Gasteiger partial charge on any atom is 0.253 e. The molecule has 0 atom stereocenters. The average Bonchev–Trinajstić information content (AvgIpc) is 2.45. The fourth-order valence-corrected chi connectivity index (χ4v) is 1.57. The summed E-state index contributed by atoms with van der Waals surface area (Å²) in [4.78, 5) is 29.2. The summed E-state index contributed by atoms with van der Waals surface area (Å²) in [6.45, 7) is 0.301. The number of pyridine rings is 2. The number of amides is 1. The van der Waals surface area contributed by atoms with E-state index in [-0.39, 0.29) is 11.5 Å². The molecule has 6 nitrogen and oxygen atoms in total. The van der Waals surface area contributed by atoms with Crippen LogP contribution in [0.25, 0.3) is 0 Å². The van der Waals surface area contributed by atoms with E-state index in [9.17, 15) is 9.59 Å². The van der Waals surface area contributed by atoms with Gasteiger partial charge in [-0.25, -0.2) is 4.98 Å². The normalized spacial score (nSPS) is 9.95. The van der Waals surface area contributed by atoms with Crippen LogP contribution >= 0.6 is 0 Å². The molecule has 2 heterocycles. The number of hydrogen-bond donors (Lipinski definition) is 2. The first-order valence-electron chi connectivity index (χ1n) is 5.65. The summed E-state index contributed by atoms with van der Waals surface area (Å²) in [5, 5.41) is 2.73. The SMILES string of the molecule is COc1ncccc1CNC(=O)c1ccc(=O)[nH]c1. The molecule has 19 heavy (non-hydrogen) atoms. The maximum atomic E-state index is 11.8. The summed E-state index contributed by atoms with van der Waals surface area (Å²) in [6, 6.07) is 6.36. The van der Waals surface area contributed by atoms with E-state index < -0.39 is 0 Å². The molecule has 0 saturated heterocycles. The standard InChI is InChI=1S/C13H13N3O3/c1-19-13-10(3-2-6-14-13)8-16-12(18)9-4-5-11(17)15-7-9/h2-7H,8H2,1H3,(H,15,17)(H,16,18). The van der Waals surface area contributed by atoms with Crippen molar-refractivity contribution in [2.75, 3.05) is 7.11 Å². The summed E-state index contributed by atoms with van der Waals surface area (Å²) in [5.41, 5.74) is 0.927. The van der Waals surface area contributed by atoms with Crippen molar-refractivity contribution >= 4 is 5.91 Å². The fourth-order valence-electron chi connectivity index (χ4n) is 1.57. The van der Waals surface area contributed by atoms with Gasteiger partial charge >= 0.3 is 0 Å². The Bertz CT molecular complexity index is 617. The van der Waals surface area contributed by atoms with Crippen LogP contribution in [0.4, 0.5) is 0 Å². The van der Waals surface area contributed by atoms with Gasteiger partial charge in [0.15, 0.2) is 0 Å². The Labute approximate surface area is 109 Å². The molecule has 0 saturated carbocycles. The quantitative estimate of drug-likeness (QED) is 0.847. The summed E-state index contributed by atoms with van der Waals surface area (Å²) >= 11 is 0. The number of carbonyl (C=O) groups excluding carboxylic acids is 1. The molecule has 0 fully saturated rings. The lowest BCUT2D eigenvalue weighted by Crippen LogP contribution is -2.24. The van der Waals surface area contributed by atoms with Crippen LogP contribution in [0.5, 0.6) is 5.88 Å². The summed E-state index contributed by atoms with van der Waals surface area (Å²) in [6.07, 6.45) is 2.99. The molecule has 0 aliphatic rings. The van der Waals surface area contributed by atoms with Gasteiger partial charge in [-0.05, 0) is 12.1 Å². The Morgan fingerprint density at radius 2 is 2.26 bits per heavy atom. The summed E-state index contributed by atoms with van der Waals surface area (Å²) in [7, 11) is 1.52. The van der Waals surface area contributed by atoms with Crippen LogP contribution in [-0.2, 0) is 6.54 Å². The predicted octanol–water partition coefficient (Wildman–Crippen LogP) is 0.708. The molecule has 0 aromatic carbocycles. The Morgan fingerprint density at radius 1 is 1.42 bits per heavy atom. The largest absolute Gasteiger partial charge is 0.481 e. The van der Waals surface area contributed by atoms with Crippen molar-refractivity contribution in [1.82, 2.24) is 15.3 Å². The molecule has 2 aromatic heterocycles. The molecule has 0 bridgehead atoms. The lowest BCUT2D eigenvalue weighted by atomic mass is 10.2. The van der Waals surface area contributed by atoms with Gasteiger partial charge in [0, 0.05) is 30.6 Å². The number of ether oxygens (including phenoxy) is 1. The molecule has 0 aliphatic carbocycles. The van der Waals surface area contributed by atoms with E-state index in [1.165, 1.54) is 25.4 Å². The van der Waals surface area contributed by atoms with Crippen LogP contribution in [0.15, 0.2) is 41.5 Å². The first-order chi connectivity index (χ1) is 9.20. The van der Waals surface area contributed by atoms with Gasteiger partial charge in [-0.3, -0.25) is 9.59 Å². The van der Waals surface area contributed by atoms with Gasteiger partial charge in [0.2, 0.25) is 11.4 Å². The lowest BCUT2D eigenvalue weighted by Gasteiger charge is -2.08. The molecule has 0 spiro atoms. The Kier molecular flexibility index (Phi) is 3.92. The topological polar surface area (TPSA) is 84.1 Å².